The van der Waals surface area contributed by atoms with E-state index in [0.29, 0.717) is 0 Å². The van der Waals surface area contributed by atoms with Gasteiger partial charge in [-0.2, -0.15) is 0 Å². The monoisotopic (exact) mass is 250 g/mol. The van der Waals surface area contributed by atoms with Gasteiger partial charge in [-0.25, -0.2) is 0 Å². The Morgan fingerprint density at radius 1 is 0.833 bits per heavy atom. The third kappa shape index (κ3) is 4.74. The predicted molar refractivity (Wildman–Crippen MR) is 79.0 cm³/mol. The van der Waals surface area contributed by atoms with Crippen molar-refractivity contribution in [3.63, 3.8) is 0 Å². The summed E-state index contributed by atoms with van der Waals surface area (Å²) in [6.45, 7) is 10.0. The van der Waals surface area contributed by atoms with Gasteiger partial charge in [0.05, 0.1) is 0 Å². The van der Waals surface area contributed by atoms with Gasteiger partial charge in [0.15, 0.2) is 0 Å². The zero-order chi connectivity index (χ0) is 12.6. The summed E-state index contributed by atoms with van der Waals surface area (Å²) in [5, 5.41) is 0. The van der Waals surface area contributed by atoms with Crippen LogP contribution in [0.5, 0.6) is 0 Å². The van der Waals surface area contributed by atoms with Crippen LogP contribution in [0, 0.1) is 0 Å². The minimum atomic E-state index is 1.23. The Labute approximate surface area is 113 Å². The predicted octanol–water partition coefficient (Wildman–Crippen LogP) is 3.29. The summed E-state index contributed by atoms with van der Waals surface area (Å²) in [6, 6.07) is 0. The van der Waals surface area contributed by atoms with E-state index in [2.05, 4.69) is 22.8 Å². The maximum atomic E-state index is 2.66. The molecule has 0 saturated carbocycles. The van der Waals surface area contributed by atoms with Gasteiger partial charge >= 0.3 is 0 Å². The highest BCUT2D eigenvalue weighted by Gasteiger charge is 2.13. The molecule has 2 aliphatic rings. The SMILES string of the molecule is CC=C(CCN1CCCCC1)CN1CCCCC1. The molecule has 0 radical (unpaired) electrons. The van der Waals surface area contributed by atoms with E-state index < -0.39 is 0 Å². The lowest BCUT2D eigenvalue weighted by Gasteiger charge is -2.29. The number of hydrogen-bond acceptors (Lipinski definition) is 2. The summed E-state index contributed by atoms with van der Waals surface area (Å²) in [6.07, 6.45) is 12.2. The van der Waals surface area contributed by atoms with E-state index in [9.17, 15) is 0 Å². The Hall–Kier alpha value is -0.340. The van der Waals surface area contributed by atoms with Crippen LogP contribution in [0.3, 0.4) is 0 Å². The zero-order valence-corrected chi connectivity index (χ0v) is 12.2. The topological polar surface area (TPSA) is 6.48 Å². The standard InChI is InChI=1S/C16H30N2/c1-2-16(15-18-12-7-4-8-13-18)9-14-17-10-5-3-6-11-17/h2H,3-15H2,1H3. The summed E-state index contributed by atoms with van der Waals surface area (Å²) in [4.78, 5) is 5.30. The van der Waals surface area contributed by atoms with Crippen LogP contribution in [0.15, 0.2) is 11.6 Å². The largest absolute Gasteiger partial charge is 0.303 e. The molecule has 2 aliphatic heterocycles. The average molecular weight is 250 g/mol. The van der Waals surface area contributed by atoms with E-state index in [-0.39, 0.29) is 0 Å². The summed E-state index contributed by atoms with van der Waals surface area (Å²) >= 11 is 0. The minimum absolute atomic E-state index is 1.23. The number of allylic oxidation sites excluding steroid dienone is 1. The normalized spacial score (nSPS) is 24.4. The van der Waals surface area contributed by atoms with Crippen LogP contribution >= 0.6 is 0 Å². The molecule has 104 valence electrons. The summed E-state index contributed by atoms with van der Waals surface area (Å²) in [5.41, 5.74) is 1.66. The Morgan fingerprint density at radius 3 is 1.94 bits per heavy atom. The van der Waals surface area contributed by atoms with Crippen molar-refractivity contribution >= 4 is 0 Å². The molecule has 0 aliphatic carbocycles. The first-order chi connectivity index (χ1) is 8.88. The van der Waals surface area contributed by atoms with Gasteiger partial charge in [0.1, 0.15) is 0 Å². The van der Waals surface area contributed by atoms with Gasteiger partial charge in [0.25, 0.3) is 0 Å². The lowest BCUT2D eigenvalue weighted by Crippen LogP contribution is -2.34. The van der Waals surface area contributed by atoms with Gasteiger partial charge in [-0.05, 0) is 65.2 Å². The third-order valence-corrected chi connectivity index (χ3v) is 4.48. The Kier molecular flexibility index (Phi) is 6.22. The summed E-state index contributed by atoms with van der Waals surface area (Å²) < 4.78 is 0. The molecule has 2 rings (SSSR count). The van der Waals surface area contributed by atoms with Crippen LogP contribution in [0.2, 0.25) is 0 Å². The number of hydrogen-bond donors (Lipinski definition) is 0. The number of likely N-dealkylation sites (tertiary alicyclic amines) is 2. The number of nitrogens with zero attached hydrogens (tertiary/aromatic N) is 2. The number of rotatable bonds is 5. The summed E-state index contributed by atoms with van der Waals surface area (Å²) in [7, 11) is 0. The lowest BCUT2D eigenvalue weighted by molar-refractivity contribution is 0.221. The highest BCUT2D eigenvalue weighted by atomic mass is 15.1. The molecule has 2 fully saturated rings. The van der Waals surface area contributed by atoms with Crippen LogP contribution < -0.4 is 0 Å². The van der Waals surface area contributed by atoms with Crippen molar-refractivity contribution in [1.82, 2.24) is 9.80 Å². The van der Waals surface area contributed by atoms with E-state index in [1.54, 1.807) is 5.57 Å². The second-order valence-corrected chi connectivity index (χ2v) is 5.94. The molecule has 18 heavy (non-hydrogen) atoms. The zero-order valence-electron chi connectivity index (χ0n) is 12.2. The average Bonchev–Trinajstić information content (AvgIpc) is 2.45. The molecule has 0 unspecified atom stereocenters. The minimum Gasteiger partial charge on any atom is -0.303 e. The molecular weight excluding hydrogens is 220 g/mol. The van der Waals surface area contributed by atoms with Gasteiger partial charge < -0.3 is 4.90 Å². The lowest BCUT2D eigenvalue weighted by atomic mass is 10.1. The first-order valence-electron chi connectivity index (χ1n) is 7.97. The van der Waals surface area contributed by atoms with E-state index in [4.69, 9.17) is 0 Å². The number of piperidine rings is 2. The van der Waals surface area contributed by atoms with Gasteiger partial charge in [-0.3, -0.25) is 4.90 Å². The van der Waals surface area contributed by atoms with Gasteiger partial charge in [0, 0.05) is 13.1 Å². The molecular formula is C16H30N2. The molecule has 2 heteroatoms. The Balaban J connectivity index is 1.68. The quantitative estimate of drug-likeness (QED) is 0.691. The molecule has 0 spiro atoms. The molecule has 2 saturated heterocycles. The maximum Gasteiger partial charge on any atom is 0.0193 e. The first kappa shape index (κ1) is 14.1. The molecule has 2 heterocycles. The van der Waals surface area contributed by atoms with Gasteiger partial charge in [-0.1, -0.05) is 24.5 Å². The molecule has 0 aromatic carbocycles. The first-order valence-corrected chi connectivity index (χ1v) is 7.97. The molecule has 0 aromatic heterocycles. The van der Waals surface area contributed by atoms with Crippen molar-refractivity contribution in [2.75, 3.05) is 39.3 Å². The fourth-order valence-electron chi connectivity index (χ4n) is 3.20. The molecule has 0 aromatic rings. The summed E-state index contributed by atoms with van der Waals surface area (Å²) in [5.74, 6) is 0. The van der Waals surface area contributed by atoms with Crippen LogP contribution in [0.25, 0.3) is 0 Å². The molecule has 0 N–H and O–H groups in total. The third-order valence-electron chi connectivity index (χ3n) is 4.48. The molecule has 2 nitrogen and oxygen atoms in total. The fraction of sp³-hybridized carbons (Fsp3) is 0.875. The van der Waals surface area contributed by atoms with Crippen LogP contribution in [-0.2, 0) is 0 Å². The van der Waals surface area contributed by atoms with Gasteiger partial charge in [0.2, 0.25) is 0 Å². The van der Waals surface area contributed by atoms with E-state index in [1.807, 2.05) is 0 Å². The van der Waals surface area contributed by atoms with Gasteiger partial charge in [-0.15, -0.1) is 0 Å². The van der Waals surface area contributed by atoms with Crippen molar-refractivity contribution in [3.8, 4) is 0 Å². The fourth-order valence-corrected chi connectivity index (χ4v) is 3.20. The Bertz CT molecular complexity index is 248. The molecule has 0 atom stereocenters. The second-order valence-electron chi connectivity index (χ2n) is 5.94. The van der Waals surface area contributed by atoms with Crippen molar-refractivity contribution in [1.29, 1.82) is 0 Å². The van der Waals surface area contributed by atoms with E-state index >= 15 is 0 Å². The highest BCUT2D eigenvalue weighted by Crippen LogP contribution is 2.14. The smallest absolute Gasteiger partial charge is 0.0193 e. The van der Waals surface area contributed by atoms with E-state index in [1.165, 1.54) is 84.2 Å². The van der Waals surface area contributed by atoms with Crippen molar-refractivity contribution in [3.05, 3.63) is 11.6 Å². The van der Waals surface area contributed by atoms with Crippen LogP contribution in [0.4, 0.5) is 0 Å². The van der Waals surface area contributed by atoms with Crippen molar-refractivity contribution < 1.29 is 0 Å². The van der Waals surface area contributed by atoms with Crippen LogP contribution in [0.1, 0.15) is 51.9 Å². The van der Waals surface area contributed by atoms with Crippen LogP contribution in [-0.4, -0.2) is 49.1 Å². The van der Waals surface area contributed by atoms with E-state index in [0.717, 1.165) is 0 Å². The van der Waals surface area contributed by atoms with Crippen molar-refractivity contribution in [2.45, 2.75) is 51.9 Å². The molecule has 0 bridgehead atoms. The second kappa shape index (κ2) is 7.96. The maximum absolute atomic E-state index is 2.66. The van der Waals surface area contributed by atoms with Crippen molar-refractivity contribution in [2.24, 2.45) is 0 Å². The Morgan fingerprint density at radius 2 is 1.39 bits per heavy atom. The molecule has 0 amide bonds. The highest BCUT2D eigenvalue weighted by molar-refractivity contribution is 5.04.